The number of rotatable bonds is 3. The zero-order chi connectivity index (χ0) is 14.9. The number of likely N-dealkylation sites (N-methyl/N-ethyl adjacent to an activating group) is 1. The van der Waals surface area contributed by atoms with Crippen LogP contribution in [0.1, 0.15) is 31.2 Å². The first kappa shape index (κ1) is 15.4. The molecule has 0 heterocycles. The summed E-state index contributed by atoms with van der Waals surface area (Å²) in [5, 5.41) is 10.00. The largest absolute Gasteiger partial charge is 0.391 e. The number of aliphatic hydroxyl groups is 1. The lowest BCUT2D eigenvalue weighted by atomic mass is 9.93. The highest BCUT2D eigenvalue weighted by Crippen LogP contribution is 2.28. The van der Waals surface area contributed by atoms with Gasteiger partial charge in [0.1, 0.15) is 5.82 Å². The third kappa shape index (κ3) is 2.87. The molecule has 4 nitrogen and oxygen atoms in total. The Hall–Kier alpha value is -0.980. The predicted molar refractivity (Wildman–Crippen MR) is 74.3 cm³/mol. The van der Waals surface area contributed by atoms with E-state index in [1.54, 1.807) is 6.92 Å². The minimum Gasteiger partial charge on any atom is -0.391 e. The summed E-state index contributed by atoms with van der Waals surface area (Å²) in [4.78, 5) is 0.0965. The van der Waals surface area contributed by atoms with Gasteiger partial charge in [0, 0.05) is 7.05 Å². The van der Waals surface area contributed by atoms with Crippen LogP contribution in [0, 0.1) is 12.7 Å². The smallest absolute Gasteiger partial charge is 0.243 e. The van der Waals surface area contributed by atoms with Crippen molar-refractivity contribution >= 4 is 10.0 Å². The van der Waals surface area contributed by atoms with Crippen molar-refractivity contribution < 1.29 is 17.9 Å². The Bertz CT molecular complexity index is 588. The van der Waals surface area contributed by atoms with Crippen LogP contribution < -0.4 is 0 Å². The zero-order valence-electron chi connectivity index (χ0n) is 11.7. The highest BCUT2D eigenvalue weighted by atomic mass is 32.2. The molecular formula is C14H20FNO3S. The maximum atomic E-state index is 13.1. The van der Waals surface area contributed by atoms with Gasteiger partial charge in [-0.1, -0.05) is 12.8 Å². The second-order valence-electron chi connectivity index (χ2n) is 5.35. The Balaban J connectivity index is 2.33. The number of hydrogen-bond acceptors (Lipinski definition) is 3. The van der Waals surface area contributed by atoms with E-state index in [4.69, 9.17) is 0 Å². The van der Waals surface area contributed by atoms with Crippen LogP contribution in [0.3, 0.4) is 0 Å². The number of benzene rings is 1. The molecule has 1 aromatic rings. The van der Waals surface area contributed by atoms with Gasteiger partial charge in [0.25, 0.3) is 0 Å². The summed E-state index contributed by atoms with van der Waals surface area (Å²) in [6.45, 7) is 1.57. The summed E-state index contributed by atoms with van der Waals surface area (Å²) < 4.78 is 39.5. The SMILES string of the molecule is Cc1cc(F)ccc1S(=O)(=O)N(C)[C@@H]1CCCC[C@H]1O. The summed E-state index contributed by atoms with van der Waals surface area (Å²) in [5.74, 6) is -0.457. The van der Waals surface area contributed by atoms with E-state index < -0.39 is 28.0 Å². The molecule has 0 aromatic heterocycles. The summed E-state index contributed by atoms with van der Waals surface area (Å²) >= 11 is 0. The average Bonchev–Trinajstić information content (AvgIpc) is 2.38. The van der Waals surface area contributed by atoms with Gasteiger partial charge in [-0.15, -0.1) is 0 Å². The molecule has 2 rings (SSSR count). The molecule has 0 saturated heterocycles. The van der Waals surface area contributed by atoms with Crippen molar-refractivity contribution in [1.82, 2.24) is 4.31 Å². The molecule has 0 bridgehead atoms. The van der Waals surface area contributed by atoms with E-state index in [1.165, 1.54) is 23.5 Å². The first-order valence-electron chi connectivity index (χ1n) is 6.76. The molecule has 1 saturated carbocycles. The second kappa shape index (κ2) is 5.79. The molecule has 0 aliphatic heterocycles. The first-order chi connectivity index (χ1) is 9.34. The van der Waals surface area contributed by atoms with E-state index in [1.807, 2.05) is 0 Å². The fourth-order valence-corrected chi connectivity index (χ4v) is 4.37. The van der Waals surface area contributed by atoms with Crippen molar-refractivity contribution in [3.63, 3.8) is 0 Å². The van der Waals surface area contributed by atoms with Crippen LogP contribution in [-0.4, -0.2) is 37.0 Å². The predicted octanol–water partition coefficient (Wildman–Crippen LogP) is 2.06. The number of hydrogen-bond donors (Lipinski definition) is 1. The fourth-order valence-electron chi connectivity index (χ4n) is 2.75. The Labute approximate surface area is 119 Å². The highest BCUT2D eigenvalue weighted by molar-refractivity contribution is 7.89. The number of halogens is 1. The Morgan fingerprint density at radius 1 is 1.30 bits per heavy atom. The molecule has 1 aliphatic rings. The molecule has 2 atom stereocenters. The number of aliphatic hydroxyl groups excluding tert-OH is 1. The number of nitrogens with zero attached hydrogens (tertiary/aromatic N) is 1. The summed E-state index contributed by atoms with van der Waals surface area (Å²) in [5.41, 5.74) is 0.377. The van der Waals surface area contributed by atoms with Gasteiger partial charge in [0.2, 0.25) is 10.0 Å². The van der Waals surface area contributed by atoms with Crippen molar-refractivity contribution in [2.75, 3.05) is 7.05 Å². The number of aryl methyl sites for hydroxylation is 1. The minimum absolute atomic E-state index is 0.0965. The number of sulfonamides is 1. The van der Waals surface area contributed by atoms with Crippen LogP contribution in [-0.2, 0) is 10.0 Å². The molecule has 0 spiro atoms. The molecule has 1 N–H and O–H groups in total. The Kier molecular flexibility index (Phi) is 4.46. The molecule has 1 aliphatic carbocycles. The van der Waals surface area contributed by atoms with E-state index in [2.05, 4.69) is 0 Å². The molecule has 20 heavy (non-hydrogen) atoms. The van der Waals surface area contributed by atoms with Gasteiger partial charge >= 0.3 is 0 Å². The summed E-state index contributed by atoms with van der Waals surface area (Å²) in [6.07, 6.45) is 2.46. The summed E-state index contributed by atoms with van der Waals surface area (Å²) in [6, 6.07) is 3.23. The molecule has 6 heteroatoms. The van der Waals surface area contributed by atoms with E-state index in [0.717, 1.165) is 18.9 Å². The molecule has 112 valence electrons. The second-order valence-corrected chi connectivity index (χ2v) is 7.32. The Morgan fingerprint density at radius 3 is 2.55 bits per heavy atom. The minimum atomic E-state index is -3.71. The quantitative estimate of drug-likeness (QED) is 0.929. The van der Waals surface area contributed by atoms with Gasteiger partial charge in [-0.25, -0.2) is 12.8 Å². The van der Waals surface area contributed by atoms with Crippen molar-refractivity contribution in [1.29, 1.82) is 0 Å². The van der Waals surface area contributed by atoms with E-state index in [0.29, 0.717) is 18.4 Å². The topological polar surface area (TPSA) is 57.6 Å². The fraction of sp³-hybridized carbons (Fsp3) is 0.571. The lowest BCUT2D eigenvalue weighted by molar-refractivity contribution is 0.0638. The molecule has 0 amide bonds. The van der Waals surface area contributed by atoms with Crippen molar-refractivity contribution in [3.8, 4) is 0 Å². The average molecular weight is 301 g/mol. The normalized spacial score (nSPS) is 24.1. The zero-order valence-corrected chi connectivity index (χ0v) is 12.5. The van der Waals surface area contributed by atoms with Crippen LogP contribution in [0.2, 0.25) is 0 Å². The maximum absolute atomic E-state index is 13.1. The van der Waals surface area contributed by atoms with Gasteiger partial charge in [0.05, 0.1) is 17.0 Å². The standard InChI is InChI=1S/C14H20FNO3S/c1-10-9-11(15)7-8-14(10)20(18,19)16(2)12-5-3-4-6-13(12)17/h7-9,12-13,17H,3-6H2,1-2H3/t12-,13-/m1/s1. The van der Waals surface area contributed by atoms with Crippen LogP contribution >= 0.6 is 0 Å². The monoisotopic (exact) mass is 301 g/mol. The third-order valence-corrected chi connectivity index (χ3v) is 6.00. The van der Waals surface area contributed by atoms with E-state index >= 15 is 0 Å². The van der Waals surface area contributed by atoms with E-state index in [-0.39, 0.29) is 4.90 Å². The van der Waals surface area contributed by atoms with E-state index in [9.17, 15) is 17.9 Å². The van der Waals surface area contributed by atoms with Crippen LogP contribution in [0.25, 0.3) is 0 Å². The Morgan fingerprint density at radius 2 is 1.95 bits per heavy atom. The van der Waals surface area contributed by atoms with Crippen LogP contribution in [0.15, 0.2) is 23.1 Å². The van der Waals surface area contributed by atoms with Gasteiger partial charge < -0.3 is 5.11 Å². The van der Waals surface area contributed by atoms with Crippen molar-refractivity contribution in [2.45, 2.75) is 49.6 Å². The highest BCUT2D eigenvalue weighted by Gasteiger charge is 2.34. The first-order valence-corrected chi connectivity index (χ1v) is 8.20. The lowest BCUT2D eigenvalue weighted by Crippen LogP contribution is -2.46. The maximum Gasteiger partial charge on any atom is 0.243 e. The molecule has 1 fully saturated rings. The molecule has 0 unspecified atom stereocenters. The van der Waals surface area contributed by atoms with Crippen molar-refractivity contribution in [3.05, 3.63) is 29.6 Å². The van der Waals surface area contributed by atoms with Gasteiger partial charge in [-0.2, -0.15) is 4.31 Å². The van der Waals surface area contributed by atoms with Crippen LogP contribution in [0.4, 0.5) is 4.39 Å². The molecular weight excluding hydrogens is 281 g/mol. The summed E-state index contributed by atoms with van der Waals surface area (Å²) in [7, 11) is -2.23. The molecule has 0 radical (unpaired) electrons. The van der Waals surface area contributed by atoms with Gasteiger partial charge in [0.15, 0.2) is 0 Å². The third-order valence-electron chi connectivity index (χ3n) is 3.95. The van der Waals surface area contributed by atoms with Crippen molar-refractivity contribution in [2.24, 2.45) is 0 Å². The van der Waals surface area contributed by atoms with Gasteiger partial charge in [-0.3, -0.25) is 0 Å². The lowest BCUT2D eigenvalue weighted by Gasteiger charge is -2.34. The van der Waals surface area contributed by atoms with Crippen LogP contribution in [0.5, 0.6) is 0 Å². The molecule has 1 aromatic carbocycles. The van der Waals surface area contributed by atoms with Gasteiger partial charge in [-0.05, 0) is 43.5 Å².